The van der Waals surface area contributed by atoms with Crippen molar-refractivity contribution in [3.05, 3.63) is 18.0 Å². The van der Waals surface area contributed by atoms with Gasteiger partial charge in [-0.05, 0) is 58.4 Å². The quantitative estimate of drug-likeness (QED) is 0.647. The molecule has 7 nitrogen and oxygen atoms in total. The van der Waals surface area contributed by atoms with Crippen LogP contribution < -0.4 is 10.6 Å². The lowest BCUT2D eigenvalue weighted by molar-refractivity contribution is -0.130. The molecule has 1 fully saturated rings. The molecule has 0 aromatic carbocycles. The van der Waals surface area contributed by atoms with Gasteiger partial charge in [0.15, 0.2) is 0 Å². The van der Waals surface area contributed by atoms with E-state index in [4.69, 9.17) is 4.74 Å². The summed E-state index contributed by atoms with van der Waals surface area (Å²) in [5, 5.41) is 12.8. The molecule has 1 heterocycles. The number of aromatic amines is 1. The van der Waals surface area contributed by atoms with Gasteiger partial charge in [-0.15, -0.1) is 0 Å². The van der Waals surface area contributed by atoms with Crippen molar-refractivity contribution in [2.45, 2.75) is 83.9 Å². The minimum atomic E-state index is -0.241. The highest BCUT2D eigenvalue weighted by Crippen LogP contribution is 2.28. The molecular weight excluding hydrogens is 344 g/mol. The summed E-state index contributed by atoms with van der Waals surface area (Å²) in [4.78, 5) is 24.9. The lowest BCUT2D eigenvalue weighted by atomic mass is 9.82. The smallest absolute Gasteiger partial charge is 0.223 e. The fourth-order valence-corrected chi connectivity index (χ4v) is 3.41. The van der Waals surface area contributed by atoms with Crippen molar-refractivity contribution in [1.82, 2.24) is 20.8 Å². The van der Waals surface area contributed by atoms with Crippen molar-refractivity contribution in [2.24, 2.45) is 5.92 Å². The topological polar surface area (TPSA) is 96.1 Å². The zero-order valence-corrected chi connectivity index (χ0v) is 17.0. The van der Waals surface area contributed by atoms with Gasteiger partial charge >= 0.3 is 0 Å². The van der Waals surface area contributed by atoms with Crippen LogP contribution in [-0.4, -0.2) is 46.3 Å². The molecule has 0 spiro atoms. The van der Waals surface area contributed by atoms with Gasteiger partial charge in [-0.25, -0.2) is 0 Å². The zero-order chi connectivity index (χ0) is 19.9. The molecule has 3 atom stereocenters. The molecule has 3 N–H and O–H groups in total. The van der Waals surface area contributed by atoms with Gasteiger partial charge in [0.2, 0.25) is 11.8 Å². The first-order valence-corrected chi connectivity index (χ1v) is 9.99. The molecule has 0 bridgehead atoms. The van der Waals surface area contributed by atoms with Crippen molar-refractivity contribution < 1.29 is 14.3 Å². The van der Waals surface area contributed by atoms with Gasteiger partial charge in [-0.3, -0.25) is 14.7 Å². The molecule has 2 rings (SSSR count). The zero-order valence-electron chi connectivity index (χ0n) is 17.0. The van der Waals surface area contributed by atoms with Crippen LogP contribution in [0.2, 0.25) is 0 Å². The molecule has 0 unspecified atom stereocenters. The molecule has 7 heteroatoms. The van der Waals surface area contributed by atoms with E-state index in [0.717, 1.165) is 24.8 Å². The first-order valence-electron chi connectivity index (χ1n) is 9.99. The summed E-state index contributed by atoms with van der Waals surface area (Å²) in [6.45, 7) is 8.66. The Balaban J connectivity index is 1.89. The van der Waals surface area contributed by atoms with Crippen LogP contribution in [0.15, 0.2) is 12.4 Å². The molecule has 152 valence electrons. The minimum Gasteiger partial charge on any atom is -0.376 e. The van der Waals surface area contributed by atoms with Gasteiger partial charge in [-0.2, -0.15) is 5.10 Å². The van der Waals surface area contributed by atoms with Crippen LogP contribution in [-0.2, 0) is 20.7 Å². The number of carbonyl (C=O) groups excluding carboxylic acids is 2. The van der Waals surface area contributed by atoms with E-state index < -0.39 is 0 Å². The summed E-state index contributed by atoms with van der Waals surface area (Å²) in [5.74, 6) is 0.0337. The first-order chi connectivity index (χ1) is 12.8. The number of carbonyl (C=O) groups is 2. The van der Waals surface area contributed by atoms with Gasteiger partial charge in [-0.1, -0.05) is 6.92 Å². The molecule has 1 saturated carbocycles. The van der Waals surface area contributed by atoms with E-state index in [-0.39, 0.29) is 35.4 Å². The number of nitrogens with zero attached hydrogens (tertiary/aromatic N) is 1. The number of aromatic nitrogens is 2. The average Bonchev–Trinajstić information content (AvgIpc) is 3.11. The Hall–Kier alpha value is -1.89. The minimum absolute atomic E-state index is 0.0175. The van der Waals surface area contributed by atoms with E-state index in [0.29, 0.717) is 25.9 Å². The van der Waals surface area contributed by atoms with E-state index >= 15 is 0 Å². The summed E-state index contributed by atoms with van der Waals surface area (Å²) >= 11 is 0. The number of hydrogen-bond acceptors (Lipinski definition) is 4. The number of aryl methyl sites for hydroxylation is 1. The highest BCUT2D eigenvalue weighted by Gasteiger charge is 2.36. The largest absolute Gasteiger partial charge is 0.376 e. The fourth-order valence-electron chi connectivity index (χ4n) is 3.41. The van der Waals surface area contributed by atoms with Crippen molar-refractivity contribution >= 4 is 11.8 Å². The Morgan fingerprint density at radius 2 is 2.11 bits per heavy atom. The van der Waals surface area contributed by atoms with E-state index in [1.807, 2.05) is 20.8 Å². The Kier molecular flexibility index (Phi) is 7.83. The van der Waals surface area contributed by atoms with Crippen molar-refractivity contribution in [3.8, 4) is 0 Å². The molecule has 1 aromatic heterocycles. The lowest BCUT2D eigenvalue weighted by Gasteiger charge is -2.37. The monoisotopic (exact) mass is 378 g/mol. The number of H-pyrrole nitrogens is 1. The third kappa shape index (κ3) is 7.33. The van der Waals surface area contributed by atoms with Crippen molar-refractivity contribution in [2.75, 3.05) is 6.61 Å². The summed E-state index contributed by atoms with van der Waals surface area (Å²) in [7, 11) is 0. The Bertz CT molecular complexity index is 595. The maximum Gasteiger partial charge on any atom is 0.223 e. The standard InChI is InChI=1S/C20H34N4O3/c1-5-10-27-17-11-15(19(26)24-20(2,3)4)7-8-16(17)23-18(25)9-6-14-12-21-22-13-14/h12-13,15-17H,5-11H2,1-4H3,(H,21,22)(H,23,25)(H,24,26)/t15-,16+,17+/m0/s1. The average molecular weight is 379 g/mol. The number of rotatable bonds is 8. The predicted molar refractivity (Wildman–Crippen MR) is 104 cm³/mol. The summed E-state index contributed by atoms with van der Waals surface area (Å²) in [5.41, 5.74) is 0.779. The van der Waals surface area contributed by atoms with Gasteiger partial charge < -0.3 is 15.4 Å². The Morgan fingerprint density at radius 1 is 1.33 bits per heavy atom. The van der Waals surface area contributed by atoms with E-state index in [1.54, 1.807) is 12.4 Å². The molecule has 1 aromatic rings. The van der Waals surface area contributed by atoms with E-state index in [1.165, 1.54) is 0 Å². The van der Waals surface area contributed by atoms with Crippen LogP contribution in [0.3, 0.4) is 0 Å². The Labute approximate surface area is 162 Å². The van der Waals surface area contributed by atoms with Crippen LogP contribution in [0.25, 0.3) is 0 Å². The lowest BCUT2D eigenvalue weighted by Crippen LogP contribution is -2.52. The van der Waals surface area contributed by atoms with Crippen LogP contribution in [0.5, 0.6) is 0 Å². The summed E-state index contributed by atoms with van der Waals surface area (Å²) < 4.78 is 6.00. The van der Waals surface area contributed by atoms with Gasteiger partial charge in [0, 0.05) is 30.7 Å². The molecule has 27 heavy (non-hydrogen) atoms. The third-order valence-corrected chi connectivity index (χ3v) is 4.74. The molecule has 0 saturated heterocycles. The second kappa shape index (κ2) is 9.88. The summed E-state index contributed by atoms with van der Waals surface area (Å²) in [6, 6.07) is -0.0351. The normalized spacial score (nSPS) is 23.0. The van der Waals surface area contributed by atoms with Gasteiger partial charge in [0.1, 0.15) is 0 Å². The maximum atomic E-state index is 12.5. The maximum absolute atomic E-state index is 12.5. The second-order valence-corrected chi connectivity index (χ2v) is 8.44. The van der Waals surface area contributed by atoms with Crippen LogP contribution in [0.1, 0.15) is 65.4 Å². The molecule has 2 amide bonds. The first kappa shape index (κ1) is 21.4. The summed E-state index contributed by atoms with van der Waals surface area (Å²) in [6.07, 6.45) is 7.59. The van der Waals surface area contributed by atoms with Crippen molar-refractivity contribution in [1.29, 1.82) is 0 Å². The molecular formula is C20H34N4O3. The number of amides is 2. The highest BCUT2D eigenvalue weighted by molar-refractivity contribution is 5.80. The van der Waals surface area contributed by atoms with Gasteiger partial charge in [0.25, 0.3) is 0 Å². The van der Waals surface area contributed by atoms with E-state index in [2.05, 4.69) is 27.8 Å². The predicted octanol–water partition coefficient (Wildman–Crippen LogP) is 2.34. The van der Waals surface area contributed by atoms with Gasteiger partial charge in [0.05, 0.1) is 18.3 Å². The van der Waals surface area contributed by atoms with Crippen molar-refractivity contribution in [3.63, 3.8) is 0 Å². The second-order valence-electron chi connectivity index (χ2n) is 8.44. The van der Waals surface area contributed by atoms with Crippen LogP contribution in [0, 0.1) is 5.92 Å². The Morgan fingerprint density at radius 3 is 2.74 bits per heavy atom. The SMILES string of the molecule is CCCO[C@@H]1C[C@@H](C(=O)NC(C)(C)C)CC[C@H]1NC(=O)CCc1cn[nH]c1. The molecule has 0 aliphatic heterocycles. The third-order valence-electron chi connectivity index (χ3n) is 4.74. The molecule has 0 radical (unpaired) electrons. The fraction of sp³-hybridized carbons (Fsp3) is 0.750. The van der Waals surface area contributed by atoms with E-state index in [9.17, 15) is 9.59 Å². The number of nitrogens with one attached hydrogen (secondary N) is 3. The number of hydrogen-bond donors (Lipinski definition) is 3. The number of ether oxygens (including phenoxy) is 1. The van der Waals surface area contributed by atoms with Crippen LogP contribution >= 0.6 is 0 Å². The molecule has 1 aliphatic carbocycles. The molecule has 1 aliphatic rings. The van der Waals surface area contributed by atoms with Crippen LogP contribution in [0.4, 0.5) is 0 Å². The highest BCUT2D eigenvalue weighted by atomic mass is 16.5.